The van der Waals surface area contributed by atoms with Crippen molar-refractivity contribution in [1.82, 2.24) is 0 Å². The monoisotopic (exact) mass is 440 g/mol. The summed E-state index contributed by atoms with van der Waals surface area (Å²) in [5.41, 5.74) is 4.30. The minimum atomic E-state index is -0.277. The number of rotatable bonds is 4. The van der Waals surface area contributed by atoms with Crippen molar-refractivity contribution in [2.75, 3.05) is 0 Å². The van der Waals surface area contributed by atoms with Crippen LogP contribution in [0.25, 0.3) is 0 Å². The normalized spacial score (nSPS) is 45.7. The van der Waals surface area contributed by atoms with E-state index in [2.05, 4.69) is 73.6 Å². The summed E-state index contributed by atoms with van der Waals surface area (Å²) in [6.07, 6.45) is 14.2. The molecule has 0 aromatic carbocycles. The van der Waals surface area contributed by atoms with Gasteiger partial charge in [-0.1, -0.05) is 65.3 Å². The lowest BCUT2D eigenvalue weighted by molar-refractivity contribution is -0.0872. The van der Waals surface area contributed by atoms with Crippen molar-refractivity contribution in [1.29, 1.82) is 0 Å². The first-order valence-electron chi connectivity index (χ1n) is 13.2. The molecule has 2 heteroatoms. The van der Waals surface area contributed by atoms with Crippen molar-refractivity contribution < 1.29 is 10.2 Å². The van der Waals surface area contributed by atoms with Crippen LogP contribution in [0.1, 0.15) is 100 Å². The molecule has 0 amide bonds. The van der Waals surface area contributed by atoms with Gasteiger partial charge in [0.2, 0.25) is 0 Å². The molecule has 2 saturated carbocycles. The molecule has 4 aliphatic rings. The molecule has 0 radical (unpaired) electrons. The second-order valence-corrected chi connectivity index (χ2v) is 13.3. The van der Waals surface area contributed by atoms with Gasteiger partial charge in [-0.3, -0.25) is 0 Å². The minimum Gasteiger partial charge on any atom is -0.393 e. The van der Waals surface area contributed by atoms with Gasteiger partial charge in [0, 0.05) is 5.41 Å². The summed E-state index contributed by atoms with van der Waals surface area (Å²) in [6, 6.07) is 0. The Bertz CT molecular complexity index is 843. The van der Waals surface area contributed by atoms with Gasteiger partial charge in [0.05, 0.1) is 12.2 Å². The number of aliphatic hydroxyl groups excluding tert-OH is 2. The molecule has 0 bridgehead atoms. The predicted molar refractivity (Wildman–Crippen MR) is 134 cm³/mol. The third-order valence-electron chi connectivity index (χ3n) is 11.2. The third kappa shape index (κ3) is 3.18. The molecule has 2 N–H and O–H groups in total. The molecule has 2 nitrogen and oxygen atoms in total. The predicted octanol–water partition coefficient (Wildman–Crippen LogP) is 7.23. The van der Waals surface area contributed by atoms with E-state index in [0.29, 0.717) is 17.8 Å². The van der Waals surface area contributed by atoms with E-state index in [1.807, 2.05) is 0 Å². The van der Waals surface area contributed by atoms with Crippen molar-refractivity contribution in [2.45, 2.75) is 113 Å². The average Bonchev–Trinajstić information content (AvgIpc) is 2.92. The number of hydrogen-bond donors (Lipinski definition) is 2. The number of hydrogen-bond acceptors (Lipinski definition) is 2. The van der Waals surface area contributed by atoms with Crippen LogP contribution in [-0.2, 0) is 0 Å². The Labute approximate surface area is 197 Å². The van der Waals surface area contributed by atoms with Crippen LogP contribution in [0.2, 0.25) is 0 Å². The molecule has 32 heavy (non-hydrogen) atoms. The van der Waals surface area contributed by atoms with Gasteiger partial charge in [-0.2, -0.15) is 0 Å². The fourth-order valence-electron chi connectivity index (χ4n) is 8.77. The summed E-state index contributed by atoms with van der Waals surface area (Å²) in [5.74, 6) is 1.61. The molecule has 1 unspecified atom stereocenters. The number of fused-ring (bicyclic) bond motifs is 5. The van der Waals surface area contributed by atoms with E-state index in [0.717, 1.165) is 38.5 Å². The number of allylic oxidation sites excluding steroid dienone is 5. The van der Waals surface area contributed by atoms with Crippen LogP contribution in [0.4, 0.5) is 0 Å². The molecule has 0 aliphatic heterocycles. The van der Waals surface area contributed by atoms with Crippen molar-refractivity contribution in [3.05, 3.63) is 34.9 Å². The smallest absolute Gasteiger partial charge is 0.0642 e. The Morgan fingerprint density at radius 2 is 1.75 bits per heavy atom. The van der Waals surface area contributed by atoms with Gasteiger partial charge in [0.1, 0.15) is 0 Å². The van der Waals surface area contributed by atoms with Crippen LogP contribution in [0.3, 0.4) is 0 Å². The molecule has 180 valence electrons. The van der Waals surface area contributed by atoms with Gasteiger partial charge in [0.25, 0.3) is 0 Å². The van der Waals surface area contributed by atoms with Crippen LogP contribution < -0.4 is 0 Å². The highest BCUT2D eigenvalue weighted by Gasteiger charge is 2.66. The van der Waals surface area contributed by atoms with Crippen LogP contribution >= 0.6 is 0 Å². The summed E-state index contributed by atoms with van der Waals surface area (Å²) in [5, 5.41) is 22.4. The molecule has 0 aromatic rings. The first-order chi connectivity index (χ1) is 14.8. The van der Waals surface area contributed by atoms with E-state index in [4.69, 9.17) is 0 Å². The highest BCUT2D eigenvalue weighted by molar-refractivity contribution is 5.50. The van der Waals surface area contributed by atoms with Crippen LogP contribution in [0.5, 0.6) is 0 Å². The van der Waals surface area contributed by atoms with Gasteiger partial charge in [0.15, 0.2) is 0 Å². The van der Waals surface area contributed by atoms with Gasteiger partial charge in [-0.15, -0.1) is 0 Å². The maximum Gasteiger partial charge on any atom is 0.0642 e. The van der Waals surface area contributed by atoms with Crippen LogP contribution in [0.15, 0.2) is 34.9 Å². The zero-order valence-electron chi connectivity index (χ0n) is 22.0. The highest BCUT2D eigenvalue weighted by atomic mass is 16.3. The second-order valence-electron chi connectivity index (χ2n) is 13.3. The lowest BCUT2D eigenvalue weighted by Crippen LogP contribution is -2.55. The summed E-state index contributed by atoms with van der Waals surface area (Å²) in [7, 11) is 0. The minimum absolute atomic E-state index is 0.0756. The highest BCUT2D eigenvalue weighted by Crippen LogP contribution is 2.71. The lowest BCUT2D eigenvalue weighted by Gasteiger charge is -2.61. The fourth-order valence-corrected chi connectivity index (χ4v) is 8.77. The zero-order valence-corrected chi connectivity index (χ0v) is 22.0. The zero-order chi connectivity index (χ0) is 23.7. The van der Waals surface area contributed by atoms with Crippen LogP contribution in [-0.4, -0.2) is 22.4 Å². The van der Waals surface area contributed by atoms with Gasteiger partial charge in [-0.25, -0.2) is 0 Å². The Hall–Kier alpha value is -0.860. The Morgan fingerprint density at radius 3 is 2.41 bits per heavy atom. The Kier molecular flexibility index (Phi) is 5.95. The topological polar surface area (TPSA) is 40.5 Å². The molecular formula is C30H48O2. The van der Waals surface area contributed by atoms with Gasteiger partial charge >= 0.3 is 0 Å². The van der Waals surface area contributed by atoms with Crippen molar-refractivity contribution >= 4 is 0 Å². The molecule has 0 aromatic heterocycles. The first kappa shape index (κ1) is 24.3. The standard InChI is InChI=1S/C30H48O2/c1-19(2)10-9-11-20(3)23-18-26(32)30(8)22-12-13-24-27(4,5)25(31)15-16-28(24,6)21(22)14-17-29(23,30)7/h10,12,14,20,23-26,31-32H,9,11,13,15-18H2,1-8H3/t20-,23-,24?,25+,26+,28-,29-,30-/m1/s1. The molecular weight excluding hydrogens is 392 g/mol. The largest absolute Gasteiger partial charge is 0.393 e. The molecule has 0 saturated heterocycles. The molecule has 4 rings (SSSR count). The van der Waals surface area contributed by atoms with E-state index in [9.17, 15) is 10.2 Å². The maximum atomic E-state index is 11.6. The lowest BCUT2D eigenvalue weighted by atomic mass is 9.44. The van der Waals surface area contributed by atoms with E-state index in [1.54, 1.807) is 0 Å². The Balaban J connectivity index is 1.70. The Morgan fingerprint density at radius 1 is 1.06 bits per heavy atom. The molecule has 0 heterocycles. The van der Waals surface area contributed by atoms with E-state index in [-0.39, 0.29) is 33.9 Å². The molecule has 8 atom stereocenters. The second kappa shape index (κ2) is 7.84. The van der Waals surface area contributed by atoms with Crippen molar-refractivity contribution in [2.24, 2.45) is 39.4 Å². The summed E-state index contributed by atoms with van der Waals surface area (Å²) in [6.45, 7) is 18.6. The molecule has 2 fully saturated rings. The fraction of sp³-hybridized carbons (Fsp3) is 0.800. The van der Waals surface area contributed by atoms with Crippen LogP contribution in [0, 0.1) is 39.4 Å². The summed E-state index contributed by atoms with van der Waals surface area (Å²) in [4.78, 5) is 0. The molecule has 4 aliphatic carbocycles. The average molecular weight is 441 g/mol. The maximum absolute atomic E-state index is 11.6. The third-order valence-corrected chi connectivity index (χ3v) is 11.2. The van der Waals surface area contributed by atoms with Crippen molar-refractivity contribution in [3.8, 4) is 0 Å². The van der Waals surface area contributed by atoms with Gasteiger partial charge < -0.3 is 10.2 Å². The molecule has 0 spiro atoms. The van der Waals surface area contributed by atoms with Gasteiger partial charge in [-0.05, 0) is 104 Å². The SMILES string of the molecule is CC(C)=CCC[C@@H](C)[C@H]1C[C@H](O)[C@@]2(C)C3=CCC4C(C)(C)[C@@H](O)CC[C@]4(C)C3=CC[C@]12C. The first-order valence-corrected chi connectivity index (χ1v) is 13.2. The van der Waals surface area contributed by atoms with E-state index >= 15 is 0 Å². The summed E-state index contributed by atoms with van der Waals surface area (Å²) >= 11 is 0. The van der Waals surface area contributed by atoms with E-state index in [1.165, 1.54) is 23.1 Å². The van der Waals surface area contributed by atoms with E-state index < -0.39 is 0 Å². The quantitative estimate of drug-likeness (QED) is 0.453. The summed E-state index contributed by atoms with van der Waals surface area (Å²) < 4.78 is 0. The van der Waals surface area contributed by atoms with Crippen molar-refractivity contribution in [3.63, 3.8) is 0 Å². The number of aliphatic hydroxyl groups is 2.